The Kier molecular flexibility index (Phi) is 7.15. The van der Waals surface area contributed by atoms with Gasteiger partial charge in [0.05, 0.1) is 23.1 Å². The molecule has 7 nitrogen and oxygen atoms in total. The molecule has 156 valence electrons. The Morgan fingerprint density at radius 1 is 1.31 bits per heavy atom. The van der Waals surface area contributed by atoms with Crippen LogP contribution in [0, 0.1) is 0 Å². The van der Waals surface area contributed by atoms with Gasteiger partial charge in [-0.25, -0.2) is 4.98 Å². The van der Waals surface area contributed by atoms with Crippen molar-refractivity contribution in [3.63, 3.8) is 0 Å². The SMILES string of the molecule is CN=C(NCCn1cnc2ccccc21)NC1CCc2cn(C(C)C)nc2C1.I. The maximum Gasteiger partial charge on any atom is 0.191 e. The molecule has 1 aliphatic carbocycles. The van der Waals surface area contributed by atoms with Gasteiger partial charge in [-0.3, -0.25) is 9.67 Å². The first-order valence-corrected chi connectivity index (χ1v) is 10.1. The smallest absolute Gasteiger partial charge is 0.191 e. The Labute approximate surface area is 189 Å². The molecular formula is C21H30IN7. The molecule has 0 fully saturated rings. The zero-order chi connectivity index (χ0) is 19.5. The van der Waals surface area contributed by atoms with Gasteiger partial charge in [-0.05, 0) is 44.4 Å². The molecule has 3 aromatic rings. The van der Waals surface area contributed by atoms with E-state index in [2.05, 4.69) is 56.0 Å². The van der Waals surface area contributed by atoms with E-state index in [1.165, 1.54) is 11.3 Å². The van der Waals surface area contributed by atoms with Crippen molar-refractivity contribution in [3.8, 4) is 0 Å². The summed E-state index contributed by atoms with van der Waals surface area (Å²) in [4.78, 5) is 8.84. The standard InChI is InChI=1S/C21H29N7.HI/c1-15(2)28-13-16-8-9-17(12-19(16)26-28)25-21(22-3)23-10-11-27-14-24-18-6-4-5-7-20(18)27;/h4-7,13-15,17H,8-12H2,1-3H3,(H2,22,23,25);1H. The number of rotatable bonds is 5. The predicted molar refractivity (Wildman–Crippen MR) is 128 cm³/mol. The van der Waals surface area contributed by atoms with Gasteiger partial charge in [-0.2, -0.15) is 5.10 Å². The molecule has 2 N–H and O–H groups in total. The fourth-order valence-corrected chi connectivity index (χ4v) is 3.77. The Morgan fingerprint density at radius 3 is 2.93 bits per heavy atom. The van der Waals surface area contributed by atoms with Gasteiger partial charge >= 0.3 is 0 Å². The number of hydrogen-bond acceptors (Lipinski definition) is 3. The van der Waals surface area contributed by atoms with Gasteiger partial charge in [0, 0.05) is 44.8 Å². The molecule has 0 saturated heterocycles. The van der Waals surface area contributed by atoms with Gasteiger partial charge in [0.25, 0.3) is 0 Å². The first-order valence-electron chi connectivity index (χ1n) is 10.1. The number of aliphatic imine (C=N–C) groups is 1. The number of guanidine groups is 1. The molecule has 0 bridgehead atoms. The lowest BCUT2D eigenvalue weighted by molar-refractivity contribution is 0.498. The maximum absolute atomic E-state index is 4.76. The Hall–Kier alpha value is -2.10. The minimum absolute atomic E-state index is 0. The molecule has 1 aliphatic rings. The zero-order valence-electron chi connectivity index (χ0n) is 17.3. The number of benzene rings is 1. The number of aryl methyl sites for hydroxylation is 1. The fourth-order valence-electron chi connectivity index (χ4n) is 3.77. The topological polar surface area (TPSA) is 72.1 Å². The number of imidazole rings is 1. The molecule has 2 heterocycles. The van der Waals surface area contributed by atoms with Gasteiger partial charge in [0.1, 0.15) is 0 Å². The molecule has 0 amide bonds. The number of nitrogens with one attached hydrogen (secondary N) is 2. The van der Waals surface area contributed by atoms with Crippen molar-refractivity contribution < 1.29 is 0 Å². The highest BCUT2D eigenvalue weighted by atomic mass is 127. The molecule has 2 aromatic heterocycles. The minimum Gasteiger partial charge on any atom is -0.355 e. The normalized spacial score (nSPS) is 16.6. The monoisotopic (exact) mass is 507 g/mol. The summed E-state index contributed by atoms with van der Waals surface area (Å²) in [5, 5.41) is 11.8. The van der Waals surface area contributed by atoms with E-state index in [1.807, 2.05) is 31.6 Å². The molecule has 29 heavy (non-hydrogen) atoms. The second kappa shape index (κ2) is 9.60. The quantitative estimate of drug-likeness (QED) is 0.316. The molecule has 1 unspecified atom stereocenters. The second-order valence-corrected chi connectivity index (χ2v) is 7.68. The van der Waals surface area contributed by atoms with Crippen LogP contribution in [0.4, 0.5) is 0 Å². The van der Waals surface area contributed by atoms with E-state index in [1.54, 1.807) is 0 Å². The predicted octanol–water partition coefficient (Wildman–Crippen LogP) is 3.15. The number of hydrogen-bond donors (Lipinski definition) is 2. The van der Waals surface area contributed by atoms with Crippen molar-refractivity contribution in [1.29, 1.82) is 0 Å². The molecule has 1 aromatic carbocycles. The fraction of sp³-hybridized carbons (Fsp3) is 0.476. The van der Waals surface area contributed by atoms with E-state index < -0.39 is 0 Å². The second-order valence-electron chi connectivity index (χ2n) is 7.68. The summed E-state index contributed by atoms with van der Waals surface area (Å²) < 4.78 is 4.25. The molecule has 0 aliphatic heterocycles. The van der Waals surface area contributed by atoms with E-state index in [-0.39, 0.29) is 24.0 Å². The molecule has 0 radical (unpaired) electrons. The summed E-state index contributed by atoms with van der Waals surface area (Å²) in [6.45, 7) is 5.97. The highest BCUT2D eigenvalue weighted by Gasteiger charge is 2.22. The number of nitrogens with zero attached hydrogens (tertiary/aromatic N) is 5. The summed E-state index contributed by atoms with van der Waals surface area (Å²) >= 11 is 0. The van der Waals surface area contributed by atoms with Crippen LogP contribution in [0.15, 0.2) is 41.8 Å². The molecular weight excluding hydrogens is 477 g/mol. The molecule has 8 heteroatoms. The largest absolute Gasteiger partial charge is 0.355 e. The molecule has 0 saturated carbocycles. The van der Waals surface area contributed by atoms with E-state index in [0.29, 0.717) is 12.1 Å². The Bertz CT molecular complexity index is 972. The van der Waals surface area contributed by atoms with Gasteiger partial charge < -0.3 is 15.2 Å². The lowest BCUT2D eigenvalue weighted by atomic mass is 9.94. The van der Waals surface area contributed by atoms with Crippen LogP contribution in [-0.4, -0.2) is 44.9 Å². The van der Waals surface area contributed by atoms with Crippen molar-refractivity contribution >= 4 is 41.0 Å². The first-order chi connectivity index (χ1) is 13.6. The van der Waals surface area contributed by atoms with E-state index >= 15 is 0 Å². The average Bonchev–Trinajstić information content (AvgIpc) is 3.31. The number of aromatic nitrogens is 4. The van der Waals surface area contributed by atoms with Crippen molar-refractivity contribution in [1.82, 2.24) is 30.0 Å². The number of halogens is 1. The number of fused-ring (bicyclic) bond motifs is 2. The Morgan fingerprint density at radius 2 is 2.14 bits per heavy atom. The summed E-state index contributed by atoms with van der Waals surface area (Å²) in [5.74, 6) is 0.848. The number of para-hydroxylation sites is 2. The van der Waals surface area contributed by atoms with Crippen LogP contribution in [0.1, 0.15) is 37.6 Å². The van der Waals surface area contributed by atoms with Crippen LogP contribution < -0.4 is 10.6 Å². The lowest BCUT2D eigenvalue weighted by Crippen LogP contribution is -2.46. The van der Waals surface area contributed by atoms with Gasteiger partial charge in [0.15, 0.2) is 5.96 Å². The van der Waals surface area contributed by atoms with Crippen molar-refractivity contribution in [2.24, 2.45) is 4.99 Å². The summed E-state index contributed by atoms with van der Waals surface area (Å²) in [5.41, 5.74) is 4.80. The van der Waals surface area contributed by atoms with Gasteiger partial charge in [-0.1, -0.05) is 12.1 Å². The maximum atomic E-state index is 4.76. The third kappa shape index (κ3) is 4.91. The lowest BCUT2D eigenvalue weighted by Gasteiger charge is -2.24. The molecule has 4 rings (SSSR count). The first kappa shape index (κ1) is 21.6. The minimum atomic E-state index is 0. The van der Waals surface area contributed by atoms with Crippen molar-refractivity contribution in [2.45, 2.75) is 51.7 Å². The third-order valence-electron chi connectivity index (χ3n) is 5.36. The summed E-state index contributed by atoms with van der Waals surface area (Å²) in [6.07, 6.45) is 7.22. The average molecular weight is 507 g/mol. The highest BCUT2D eigenvalue weighted by Crippen LogP contribution is 2.21. The van der Waals surface area contributed by atoms with E-state index in [9.17, 15) is 0 Å². The van der Waals surface area contributed by atoms with Crippen LogP contribution in [0.25, 0.3) is 11.0 Å². The van der Waals surface area contributed by atoms with Crippen LogP contribution >= 0.6 is 24.0 Å². The van der Waals surface area contributed by atoms with E-state index in [0.717, 1.165) is 49.3 Å². The van der Waals surface area contributed by atoms with Gasteiger partial charge in [-0.15, -0.1) is 24.0 Å². The van der Waals surface area contributed by atoms with Crippen molar-refractivity contribution in [3.05, 3.63) is 48.0 Å². The zero-order valence-corrected chi connectivity index (χ0v) is 19.6. The van der Waals surface area contributed by atoms with Crippen LogP contribution in [0.5, 0.6) is 0 Å². The summed E-state index contributed by atoms with van der Waals surface area (Å²) in [7, 11) is 1.82. The van der Waals surface area contributed by atoms with Gasteiger partial charge in [0.2, 0.25) is 0 Å². The van der Waals surface area contributed by atoms with Crippen LogP contribution in [0.3, 0.4) is 0 Å². The Balaban J connectivity index is 0.00000240. The van der Waals surface area contributed by atoms with Crippen LogP contribution in [-0.2, 0) is 19.4 Å². The molecule has 0 spiro atoms. The summed E-state index contributed by atoms with van der Waals surface area (Å²) in [6, 6.07) is 8.98. The third-order valence-corrected chi connectivity index (χ3v) is 5.36. The highest BCUT2D eigenvalue weighted by molar-refractivity contribution is 14.0. The van der Waals surface area contributed by atoms with E-state index in [4.69, 9.17) is 5.10 Å². The van der Waals surface area contributed by atoms with Crippen LogP contribution in [0.2, 0.25) is 0 Å². The van der Waals surface area contributed by atoms with Crippen molar-refractivity contribution in [2.75, 3.05) is 13.6 Å². The molecule has 1 atom stereocenters.